The van der Waals surface area contributed by atoms with E-state index in [-0.39, 0.29) is 102 Å². The highest BCUT2D eigenvalue weighted by atomic mass is 32.2. The lowest BCUT2D eigenvalue weighted by Gasteiger charge is -2.31. The summed E-state index contributed by atoms with van der Waals surface area (Å²) < 4.78 is 122. The number of aryl methyl sites for hydroxylation is 2. The van der Waals surface area contributed by atoms with Gasteiger partial charge < -0.3 is 26.4 Å². The van der Waals surface area contributed by atoms with Crippen molar-refractivity contribution >= 4 is 71.0 Å². The molecule has 0 aliphatic heterocycles. The Labute approximate surface area is 465 Å². The molecule has 4 atom stereocenters. The molecule has 420 valence electrons. The second kappa shape index (κ2) is 23.0. The molecular formula is C57H56F4N12O6S2. The molecule has 4 aromatic heterocycles. The SMILES string of the molecule is [C-]#[N+]c1cc(F)c2c(c1)c(-c1ncc(F)c(N[C@@H]3CCC[C@H](N)C3)n1)cn2S(=O)(=O)c1ccc(C)cc1.[C-]#[N+]c1cc(F)c2c(c1)c(-c1ncc(F)c(N[C@@H]3CCC[C@H](NC(=O)OC(C)(C)C)C3)n1)cn2S(=O)(=O)c1ccc(C)cc1. The van der Waals surface area contributed by atoms with Crippen LogP contribution in [-0.4, -0.2) is 80.6 Å². The van der Waals surface area contributed by atoms with Gasteiger partial charge >= 0.3 is 6.09 Å². The number of nitrogens with one attached hydrogen (secondary N) is 3. The molecule has 0 spiro atoms. The van der Waals surface area contributed by atoms with Gasteiger partial charge in [-0.15, -0.1) is 0 Å². The normalized spacial score (nSPS) is 17.6. The summed E-state index contributed by atoms with van der Waals surface area (Å²) in [5.41, 5.74) is 6.79. The maximum absolute atomic E-state index is 15.4. The van der Waals surface area contributed by atoms with Crippen LogP contribution in [0, 0.1) is 50.3 Å². The van der Waals surface area contributed by atoms with Crippen molar-refractivity contribution in [2.45, 2.75) is 126 Å². The Kier molecular flexibility index (Phi) is 16.2. The highest BCUT2D eigenvalue weighted by molar-refractivity contribution is 7.90. The molecule has 81 heavy (non-hydrogen) atoms. The monoisotopic (exact) mass is 1140 g/mol. The summed E-state index contributed by atoms with van der Waals surface area (Å²) in [6.07, 6.45) is 9.77. The van der Waals surface area contributed by atoms with Crippen molar-refractivity contribution in [2.24, 2.45) is 5.73 Å². The number of nitrogens with zero attached hydrogens (tertiary/aromatic N) is 8. The number of amides is 1. The standard InChI is InChI=1S/C31H32F2N6O4S.C26H24F2N6O2S/c1-18-9-11-22(12-10-18)44(41,42)39-17-24(23-14-21(34-5)15-25(32)27(23)39)28-35-16-26(33)29(38-28)36-19-7-6-8-20(13-19)37-30(40)43-31(2,3)4;1-15-6-8-19(9-7-15)37(35,36)34-14-21(20-11-18(30-2)12-22(27)24(20)34)25-31-13-23(28)26(33-25)32-17-5-3-4-16(29)10-17/h9-12,14-17,19-20H,6-8,13H2,1-4H3,(H,37,40)(H,35,36,38);6-9,11-14,16-17H,3-5,10,29H2,1H3,(H,31,32,33)/t19-,20+;16-,17+/m10/s1. The maximum atomic E-state index is 15.4. The number of fused-ring (bicyclic) bond motifs is 2. The molecule has 2 aliphatic carbocycles. The summed E-state index contributed by atoms with van der Waals surface area (Å²) >= 11 is 0. The van der Waals surface area contributed by atoms with E-state index in [1.54, 1.807) is 45.0 Å². The quantitative estimate of drug-likeness (QED) is 0.0699. The van der Waals surface area contributed by atoms with Crippen molar-refractivity contribution < 1.29 is 43.9 Å². The van der Waals surface area contributed by atoms with Gasteiger partial charge in [0.25, 0.3) is 20.0 Å². The number of carbonyl (C=O) groups is 1. The molecule has 24 heteroatoms. The van der Waals surface area contributed by atoms with Crippen LogP contribution in [0.1, 0.15) is 83.3 Å². The van der Waals surface area contributed by atoms with Gasteiger partial charge in [0.15, 0.2) is 46.3 Å². The van der Waals surface area contributed by atoms with Gasteiger partial charge in [0.05, 0.1) is 46.4 Å². The molecule has 1 amide bonds. The first kappa shape index (κ1) is 57.2. The van der Waals surface area contributed by atoms with E-state index in [1.165, 1.54) is 48.8 Å². The van der Waals surface area contributed by atoms with Gasteiger partial charge in [-0.05, 0) is 135 Å². The molecule has 10 rings (SSSR count). The van der Waals surface area contributed by atoms with Crippen LogP contribution in [0.3, 0.4) is 0 Å². The van der Waals surface area contributed by atoms with E-state index < -0.39 is 55.0 Å². The summed E-state index contributed by atoms with van der Waals surface area (Å²) in [7, 11) is -8.49. The van der Waals surface area contributed by atoms with E-state index in [9.17, 15) is 26.0 Å². The van der Waals surface area contributed by atoms with Crippen molar-refractivity contribution in [3.63, 3.8) is 0 Å². The molecule has 4 heterocycles. The van der Waals surface area contributed by atoms with Crippen molar-refractivity contribution in [1.29, 1.82) is 0 Å². The number of aromatic nitrogens is 6. The summed E-state index contributed by atoms with van der Waals surface area (Å²) in [4.78, 5) is 35.7. The zero-order valence-electron chi connectivity index (χ0n) is 44.6. The topological polar surface area (TPSA) is 227 Å². The van der Waals surface area contributed by atoms with E-state index in [1.807, 2.05) is 13.8 Å². The van der Waals surface area contributed by atoms with Crippen LogP contribution in [0.25, 0.3) is 54.3 Å². The number of hydrogen-bond donors (Lipinski definition) is 4. The average Bonchev–Trinajstić information content (AvgIpc) is 4.05. The Bertz CT molecular complexity index is 4040. The van der Waals surface area contributed by atoms with Crippen molar-refractivity contribution in [1.82, 2.24) is 33.2 Å². The number of rotatable bonds is 11. The van der Waals surface area contributed by atoms with Crippen LogP contribution >= 0.6 is 0 Å². The number of nitrogens with two attached hydrogens (primary N) is 1. The smallest absolute Gasteiger partial charge is 0.407 e. The summed E-state index contributed by atoms with van der Waals surface area (Å²) in [5, 5.41) is 9.26. The van der Waals surface area contributed by atoms with Gasteiger partial charge in [0.2, 0.25) is 0 Å². The molecule has 2 fully saturated rings. The fourth-order valence-corrected chi connectivity index (χ4v) is 12.7. The van der Waals surface area contributed by atoms with E-state index in [0.29, 0.717) is 19.3 Å². The first-order chi connectivity index (χ1) is 38.4. The average molecular weight is 1150 g/mol. The Morgan fingerprint density at radius 3 is 1.48 bits per heavy atom. The van der Waals surface area contributed by atoms with Crippen molar-refractivity contribution in [3.8, 4) is 22.8 Å². The Morgan fingerprint density at radius 1 is 0.642 bits per heavy atom. The Hall–Kier alpha value is -8.45. The predicted molar refractivity (Wildman–Crippen MR) is 299 cm³/mol. The molecule has 2 aliphatic rings. The van der Waals surface area contributed by atoms with Crippen molar-refractivity contribution in [3.05, 3.63) is 155 Å². The predicted octanol–water partition coefficient (Wildman–Crippen LogP) is 11.9. The lowest BCUT2D eigenvalue weighted by molar-refractivity contribution is 0.0491. The molecule has 4 aromatic carbocycles. The van der Waals surface area contributed by atoms with Crippen molar-refractivity contribution in [2.75, 3.05) is 10.6 Å². The van der Waals surface area contributed by atoms with Gasteiger partial charge in [-0.1, -0.05) is 35.4 Å². The zero-order chi connectivity index (χ0) is 58.1. The van der Waals surface area contributed by atoms with Crippen LogP contribution in [0.4, 0.5) is 45.4 Å². The molecule has 8 aromatic rings. The number of carbonyl (C=O) groups excluding carboxylic acids is 1. The number of hydrogen-bond acceptors (Lipinski definition) is 13. The fourth-order valence-electron chi connectivity index (χ4n) is 9.91. The highest BCUT2D eigenvalue weighted by Crippen LogP contribution is 2.39. The minimum atomic E-state index is -4.27. The summed E-state index contributed by atoms with van der Waals surface area (Å²) in [6.45, 7) is 23.7. The second-order valence-electron chi connectivity index (χ2n) is 21.1. The molecule has 5 N–H and O–H groups in total. The van der Waals surface area contributed by atoms with Gasteiger partial charge in [-0.2, -0.15) is 0 Å². The van der Waals surface area contributed by atoms with Gasteiger partial charge in [0, 0.05) is 58.5 Å². The van der Waals surface area contributed by atoms with Crippen LogP contribution in [-0.2, 0) is 24.8 Å². The molecular weight excluding hydrogens is 1090 g/mol. The third-order valence-corrected chi connectivity index (χ3v) is 17.1. The third-order valence-electron chi connectivity index (χ3n) is 13.8. The lowest BCUT2D eigenvalue weighted by Crippen LogP contribution is -2.44. The first-order valence-electron chi connectivity index (χ1n) is 25.8. The van der Waals surface area contributed by atoms with Crippen LogP contribution in [0.2, 0.25) is 0 Å². The lowest BCUT2D eigenvalue weighted by atomic mass is 9.91. The number of benzene rings is 4. The van der Waals surface area contributed by atoms with Crippen LogP contribution < -0.4 is 21.7 Å². The molecule has 0 unspecified atom stereocenters. The van der Waals surface area contributed by atoms with E-state index in [4.69, 9.17) is 23.6 Å². The van der Waals surface area contributed by atoms with Gasteiger partial charge in [-0.3, -0.25) is 0 Å². The van der Waals surface area contributed by atoms with Crippen LogP contribution in [0.15, 0.2) is 107 Å². The summed E-state index contributed by atoms with van der Waals surface area (Å²) in [5.74, 6) is -3.45. The first-order valence-corrected chi connectivity index (χ1v) is 28.7. The molecule has 18 nitrogen and oxygen atoms in total. The molecule has 0 bridgehead atoms. The Morgan fingerprint density at radius 2 is 1.06 bits per heavy atom. The second-order valence-corrected chi connectivity index (χ2v) is 24.7. The van der Waals surface area contributed by atoms with E-state index in [2.05, 4.69) is 45.6 Å². The van der Waals surface area contributed by atoms with Crippen LogP contribution in [0.5, 0.6) is 0 Å². The minimum Gasteiger partial charge on any atom is -0.444 e. The number of halogens is 4. The zero-order valence-corrected chi connectivity index (χ0v) is 46.3. The number of alkyl carbamates (subject to hydrolysis) is 1. The number of ether oxygens (including phenoxy) is 1. The Balaban J connectivity index is 0.000000198. The molecule has 2 saturated carbocycles. The van der Waals surface area contributed by atoms with E-state index in [0.717, 1.165) is 75.7 Å². The highest BCUT2D eigenvalue weighted by Gasteiger charge is 2.31. The number of anilines is 2. The minimum absolute atomic E-state index is 0.00612. The third kappa shape index (κ3) is 12.5. The van der Waals surface area contributed by atoms with E-state index >= 15 is 13.2 Å². The largest absolute Gasteiger partial charge is 0.444 e. The van der Waals surface area contributed by atoms with Gasteiger partial charge in [0.1, 0.15) is 17.2 Å². The summed E-state index contributed by atoms with van der Waals surface area (Å²) in [6, 6.07) is 16.4. The maximum Gasteiger partial charge on any atom is 0.407 e. The molecule has 0 radical (unpaired) electrons. The van der Waals surface area contributed by atoms with Gasteiger partial charge in [-0.25, -0.2) is 76.8 Å². The molecule has 0 saturated heterocycles. The fraction of sp³-hybridized carbons (Fsp3) is 0.316.